The van der Waals surface area contributed by atoms with Crippen molar-refractivity contribution in [2.75, 3.05) is 0 Å². The topological polar surface area (TPSA) is 51.8 Å². The molecule has 0 unspecified atom stereocenters. The first kappa shape index (κ1) is 11.1. The van der Waals surface area contributed by atoms with Gasteiger partial charge in [-0.25, -0.2) is 9.97 Å². The maximum absolute atomic E-state index is 5.92. The van der Waals surface area contributed by atoms with Crippen molar-refractivity contribution < 1.29 is 0 Å². The quantitative estimate of drug-likeness (QED) is 0.825. The third-order valence-electron chi connectivity index (χ3n) is 2.18. The van der Waals surface area contributed by atoms with Crippen molar-refractivity contribution in [3.8, 4) is 0 Å². The van der Waals surface area contributed by atoms with Crippen molar-refractivity contribution in [3.05, 3.63) is 48.4 Å². The van der Waals surface area contributed by atoms with E-state index in [2.05, 4.69) is 16.0 Å². The lowest BCUT2D eigenvalue weighted by molar-refractivity contribution is 0.797. The largest absolute Gasteiger partial charge is 0.324 e. The molecule has 2 rings (SSSR count). The molecule has 1 heterocycles. The normalized spacial score (nSPS) is 12.4. The Labute approximate surface area is 99.1 Å². The van der Waals surface area contributed by atoms with Crippen LogP contribution < -0.4 is 5.73 Å². The van der Waals surface area contributed by atoms with Crippen LogP contribution in [0.3, 0.4) is 0 Å². The van der Waals surface area contributed by atoms with Gasteiger partial charge in [0.2, 0.25) is 0 Å². The summed E-state index contributed by atoms with van der Waals surface area (Å²) in [6.07, 6.45) is 3.29. The second-order valence-electron chi connectivity index (χ2n) is 3.48. The van der Waals surface area contributed by atoms with Crippen LogP contribution in [-0.2, 0) is 0 Å². The highest BCUT2D eigenvalue weighted by Gasteiger charge is 2.07. The van der Waals surface area contributed by atoms with Crippen LogP contribution in [0, 0.1) is 0 Å². The summed E-state index contributed by atoms with van der Waals surface area (Å²) in [4.78, 5) is 9.23. The Morgan fingerprint density at radius 3 is 2.75 bits per heavy atom. The van der Waals surface area contributed by atoms with Gasteiger partial charge in [0.1, 0.15) is 11.4 Å². The van der Waals surface area contributed by atoms with E-state index in [1.165, 1.54) is 0 Å². The van der Waals surface area contributed by atoms with Crippen molar-refractivity contribution in [2.45, 2.75) is 22.9 Å². The predicted octanol–water partition coefficient (Wildman–Crippen LogP) is 2.65. The molecular formula is C12H13N3S. The molecule has 4 heteroatoms. The monoisotopic (exact) mass is 231 g/mol. The summed E-state index contributed by atoms with van der Waals surface area (Å²) >= 11 is 1.61. The van der Waals surface area contributed by atoms with Gasteiger partial charge in [-0.15, -0.1) is 0 Å². The average molecular weight is 231 g/mol. The highest BCUT2D eigenvalue weighted by Crippen LogP contribution is 2.30. The van der Waals surface area contributed by atoms with E-state index >= 15 is 0 Å². The summed E-state index contributed by atoms with van der Waals surface area (Å²) < 4.78 is 0. The molecule has 0 saturated carbocycles. The molecule has 2 N–H and O–H groups in total. The third-order valence-corrected chi connectivity index (χ3v) is 3.22. The van der Waals surface area contributed by atoms with E-state index < -0.39 is 0 Å². The number of hydrogen-bond acceptors (Lipinski definition) is 4. The standard InChI is InChI=1S/C12H13N3S/c1-9(13)10-4-2-3-5-11(10)16-12-6-7-14-8-15-12/h2-9H,13H2,1H3/t9-/m0/s1. The fourth-order valence-corrected chi connectivity index (χ4v) is 2.37. The van der Waals surface area contributed by atoms with Crippen LogP contribution in [-0.4, -0.2) is 9.97 Å². The second-order valence-corrected chi connectivity index (χ2v) is 4.54. The van der Waals surface area contributed by atoms with Crippen molar-refractivity contribution in [3.63, 3.8) is 0 Å². The maximum Gasteiger partial charge on any atom is 0.116 e. The van der Waals surface area contributed by atoms with E-state index in [0.717, 1.165) is 15.5 Å². The molecule has 1 atom stereocenters. The van der Waals surface area contributed by atoms with Gasteiger partial charge >= 0.3 is 0 Å². The number of benzene rings is 1. The van der Waals surface area contributed by atoms with Crippen LogP contribution in [0.2, 0.25) is 0 Å². The van der Waals surface area contributed by atoms with E-state index in [9.17, 15) is 0 Å². The molecule has 2 aromatic rings. The van der Waals surface area contributed by atoms with Gasteiger partial charge in [0.15, 0.2) is 0 Å². The summed E-state index contributed by atoms with van der Waals surface area (Å²) in [5.41, 5.74) is 7.07. The molecule has 0 radical (unpaired) electrons. The molecule has 1 aromatic carbocycles. The van der Waals surface area contributed by atoms with Crippen LogP contribution in [0.15, 0.2) is 52.8 Å². The van der Waals surface area contributed by atoms with Crippen LogP contribution in [0.5, 0.6) is 0 Å². The summed E-state index contributed by atoms with van der Waals surface area (Å²) in [6, 6.07) is 10.0. The number of hydrogen-bond donors (Lipinski definition) is 1. The molecule has 0 saturated heterocycles. The van der Waals surface area contributed by atoms with Crippen LogP contribution in [0.25, 0.3) is 0 Å². The van der Waals surface area contributed by atoms with Gasteiger partial charge in [-0.2, -0.15) is 0 Å². The van der Waals surface area contributed by atoms with Crippen LogP contribution in [0.1, 0.15) is 18.5 Å². The molecule has 0 bridgehead atoms. The minimum atomic E-state index is 0.0329. The molecule has 0 amide bonds. The molecule has 0 aliphatic rings. The Morgan fingerprint density at radius 1 is 1.25 bits per heavy atom. The van der Waals surface area contributed by atoms with E-state index in [4.69, 9.17) is 5.73 Å². The first-order valence-corrected chi connectivity index (χ1v) is 5.87. The van der Waals surface area contributed by atoms with Gasteiger partial charge in [0.25, 0.3) is 0 Å². The zero-order valence-corrected chi connectivity index (χ0v) is 9.82. The van der Waals surface area contributed by atoms with Crippen molar-refractivity contribution >= 4 is 11.8 Å². The molecule has 82 valence electrons. The van der Waals surface area contributed by atoms with E-state index in [-0.39, 0.29) is 6.04 Å². The second kappa shape index (κ2) is 5.09. The van der Waals surface area contributed by atoms with Gasteiger partial charge in [0.05, 0.1) is 0 Å². The predicted molar refractivity (Wildman–Crippen MR) is 65.2 cm³/mol. The SMILES string of the molecule is C[C@H](N)c1ccccc1Sc1ccncn1. The molecular weight excluding hydrogens is 218 g/mol. The van der Waals surface area contributed by atoms with E-state index in [1.807, 2.05) is 31.2 Å². The summed E-state index contributed by atoms with van der Waals surface area (Å²) in [5.74, 6) is 0. The van der Waals surface area contributed by atoms with Crippen molar-refractivity contribution in [1.29, 1.82) is 0 Å². The van der Waals surface area contributed by atoms with Gasteiger partial charge in [-0.3, -0.25) is 0 Å². The number of nitrogens with zero attached hydrogens (tertiary/aromatic N) is 2. The Hall–Kier alpha value is -1.39. The minimum absolute atomic E-state index is 0.0329. The maximum atomic E-state index is 5.92. The molecule has 16 heavy (non-hydrogen) atoms. The molecule has 0 aliphatic carbocycles. The summed E-state index contributed by atoms with van der Waals surface area (Å²) in [7, 11) is 0. The summed E-state index contributed by atoms with van der Waals surface area (Å²) in [5, 5.41) is 0.933. The highest BCUT2D eigenvalue weighted by atomic mass is 32.2. The number of aromatic nitrogens is 2. The summed E-state index contributed by atoms with van der Waals surface area (Å²) in [6.45, 7) is 1.99. The third kappa shape index (κ3) is 2.59. The molecule has 3 nitrogen and oxygen atoms in total. The van der Waals surface area contributed by atoms with E-state index in [1.54, 1.807) is 24.3 Å². The lowest BCUT2D eigenvalue weighted by Gasteiger charge is -2.11. The first-order valence-electron chi connectivity index (χ1n) is 5.06. The highest BCUT2D eigenvalue weighted by molar-refractivity contribution is 7.99. The van der Waals surface area contributed by atoms with Crippen molar-refractivity contribution in [1.82, 2.24) is 9.97 Å². The number of nitrogens with two attached hydrogens (primary N) is 1. The molecule has 0 fully saturated rings. The molecule has 0 spiro atoms. The fourth-order valence-electron chi connectivity index (χ4n) is 1.40. The van der Waals surface area contributed by atoms with E-state index in [0.29, 0.717) is 0 Å². The lowest BCUT2D eigenvalue weighted by atomic mass is 10.1. The lowest BCUT2D eigenvalue weighted by Crippen LogP contribution is -2.06. The van der Waals surface area contributed by atoms with Crippen molar-refractivity contribution in [2.24, 2.45) is 5.73 Å². The average Bonchev–Trinajstić information content (AvgIpc) is 2.31. The smallest absolute Gasteiger partial charge is 0.116 e. The first-order chi connectivity index (χ1) is 7.77. The zero-order valence-electron chi connectivity index (χ0n) is 9.00. The van der Waals surface area contributed by atoms with Crippen LogP contribution >= 0.6 is 11.8 Å². The van der Waals surface area contributed by atoms with Gasteiger partial charge < -0.3 is 5.73 Å². The van der Waals surface area contributed by atoms with Gasteiger partial charge in [-0.1, -0.05) is 30.0 Å². The minimum Gasteiger partial charge on any atom is -0.324 e. The Bertz CT molecular complexity index is 457. The Morgan fingerprint density at radius 2 is 2.06 bits per heavy atom. The van der Waals surface area contributed by atoms with Crippen LogP contribution in [0.4, 0.5) is 0 Å². The van der Waals surface area contributed by atoms with Gasteiger partial charge in [0, 0.05) is 17.1 Å². The molecule has 1 aromatic heterocycles. The Balaban J connectivity index is 2.28. The number of rotatable bonds is 3. The molecule has 0 aliphatic heterocycles. The zero-order chi connectivity index (χ0) is 11.4. The fraction of sp³-hybridized carbons (Fsp3) is 0.167. The van der Waals surface area contributed by atoms with Gasteiger partial charge in [-0.05, 0) is 24.6 Å². The Kier molecular flexibility index (Phi) is 3.54.